The van der Waals surface area contributed by atoms with Gasteiger partial charge >= 0.3 is 6.18 Å². The van der Waals surface area contributed by atoms with Crippen LogP contribution in [0.5, 0.6) is 5.88 Å². The van der Waals surface area contributed by atoms with Crippen molar-refractivity contribution in [1.82, 2.24) is 19.6 Å². The van der Waals surface area contributed by atoms with E-state index in [-0.39, 0.29) is 60.5 Å². The average molecular weight is 863 g/mol. The lowest BCUT2D eigenvalue weighted by Crippen LogP contribution is -2.48. The number of nitrogens with zero attached hydrogens (tertiary/aromatic N) is 3. The van der Waals surface area contributed by atoms with E-state index in [2.05, 4.69) is 14.7 Å². The molecule has 2 aliphatic carbocycles. The van der Waals surface area contributed by atoms with Crippen LogP contribution in [0, 0.1) is 28.5 Å². The normalized spacial score (nSPS) is 22.4. The zero-order chi connectivity index (χ0) is 43.6. The number of hydrogen-bond acceptors (Lipinski definition) is 9. The highest BCUT2D eigenvalue weighted by atomic mass is 32.2. The summed E-state index contributed by atoms with van der Waals surface area (Å²) in [5, 5.41) is -0.0437. The Hall–Kier alpha value is -5.38. The number of likely N-dealkylation sites (tertiary alicyclic amines) is 1. The molecule has 1 saturated heterocycles. The second kappa shape index (κ2) is 15.5. The van der Waals surface area contributed by atoms with Crippen LogP contribution >= 0.6 is 0 Å². The van der Waals surface area contributed by atoms with Crippen molar-refractivity contribution in [2.75, 3.05) is 6.54 Å². The standard InChI is InChI=1S/C45H46F4N4O7S/c1-5-27-22-44(27,42(56)52-61(57,58)31-17-18-31)23-35(54)34-21-30(24-53(34)41(55)33(43(2,3)4)20-25-9-8-10-29(46)19-25)59-40-38-37(32-11-6-7-12-36(32)60-38)50-39(51-40)26-13-15-28(16-14-26)45(47,48)49/h6-16,19,27,30-31,33-34H,5,17-18,20-24H2,1-4H3,(H,52,56)/t27-,30-,33-,34+,44-/m1/s1. The molecule has 16 heteroatoms. The third-order valence-corrected chi connectivity index (χ3v) is 14.2. The number of halogens is 4. The SMILES string of the molecule is CC[C@@H]1C[C@]1(CC(=O)[C@@H]1C[C@@H](Oc2nc(-c3ccc(C(F)(F)F)cc3)nc3c2oc2ccccc23)CN1C(=O)[C@@H](Cc1cccc(F)c1)C(C)(C)C)C(=O)NS(=O)(=O)C1CC1. The zero-order valence-electron chi connectivity index (χ0n) is 34.1. The van der Waals surface area contributed by atoms with Crippen LogP contribution in [-0.4, -0.2) is 64.8 Å². The summed E-state index contributed by atoms with van der Waals surface area (Å²) < 4.78 is 95.5. The van der Waals surface area contributed by atoms with Crippen molar-refractivity contribution in [3.63, 3.8) is 0 Å². The molecule has 0 bridgehead atoms. The number of benzene rings is 3. The predicted molar refractivity (Wildman–Crippen MR) is 218 cm³/mol. The summed E-state index contributed by atoms with van der Waals surface area (Å²) in [6.45, 7) is 7.42. The molecule has 3 heterocycles. The Morgan fingerprint density at radius 3 is 2.36 bits per heavy atom. The van der Waals surface area contributed by atoms with Gasteiger partial charge in [-0.25, -0.2) is 17.8 Å². The molecule has 5 atom stereocenters. The van der Waals surface area contributed by atoms with Crippen molar-refractivity contribution in [1.29, 1.82) is 0 Å². The molecule has 0 spiro atoms. The number of para-hydroxylation sites is 1. The van der Waals surface area contributed by atoms with E-state index in [9.17, 15) is 40.4 Å². The van der Waals surface area contributed by atoms with Gasteiger partial charge in [0.1, 0.15) is 23.0 Å². The number of rotatable bonds is 13. The van der Waals surface area contributed by atoms with Crippen molar-refractivity contribution in [2.24, 2.45) is 22.7 Å². The van der Waals surface area contributed by atoms with Crippen LogP contribution in [0.4, 0.5) is 17.6 Å². The fourth-order valence-corrected chi connectivity index (χ4v) is 10.0. The molecule has 1 aliphatic heterocycles. The second-order valence-electron chi connectivity index (χ2n) is 17.7. The first-order chi connectivity index (χ1) is 28.8. The van der Waals surface area contributed by atoms with Crippen LogP contribution in [0.1, 0.15) is 77.3 Å². The smallest absolute Gasteiger partial charge is 0.416 e. The highest BCUT2D eigenvalue weighted by Crippen LogP contribution is 2.58. The lowest BCUT2D eigenvalue weighted by Gasteiger charge is -2.35. The number of furan rings is 1. The first-order valence-corrected chi connectivity index (χ1v) is 22.0. The molecule has 2 aromatic heterocycles. The number of aromatic nitrogens is 2. The maximum absolute atomic E-state index is 14.9. The van der Waals surface area contributed by atoms with Gasteiger partial charge in [-0.3, -0.25) is 19.1 Å². The lowest BCUT2D eigenvalue weighted by atomic mass is 9.76. The van der Waals surface area contributed by atoms with Crippen molar-refractivity contribution in [2.45, 2.75) is 96.2 Å². The molecule has 322 valence electrons. The molecule has 2 saturated carbocycles. The van der Waals surface area contributed by atoms with Crippen molar-refractivity contribution in [3.05, 3.63) is 89.7 Å². The number of amides is 2. The third kappa shape index (κ3) is 8.47. The van der Waals surface area contributed by atoms with Crippen molar-refractivity contribution in [3.8, 4) is 17.3 Å². The van der Waals surface area contributed by atoms with E-state index in [1.165, 1.54) is 29.2 Å². The van der Waals surface area contributed by atoms with Gasteiger partial charge in [0.25, 0.3) is 5.88 Å². The Morgan fingerprint density at radius 1 is 1.00 bits per heavy atom. The molecule has 11 nitrogen and oxygen atoms in total. The quantitative estimate of drug-likeness (QED) is 0.115. The number of carbonyl (C=O) groups excluding carboxylic acids is 3. The van der Waals surface area contributed by atoms with E-state index < -0.39 is 73.4 Å². The third-order valence-electron chi connectivity index (χ3n) is 12.4. The summed E-state index contributed by atoms with van der Waals surface area (Å²) in [6, 6.07) is 16.3. The second-order valence-corrected chi connectivity index (χ2v) is 19.7. The maximum Gasteiger partial charge on any atom is 0.416 e. The number of Topliss-reactive ketones (excluding diaryl/α,β-unsaturated/α-hetero) is 1. The Kier molecular flexibility index (Phi) is 10.8. The van der Waals surface area contributed by atoms with Crippen LogP contribution < -0.4 is 9.46 Å². The summed E-state index contributed by atoms with van der Waals surface area (Å²) in [5.74, 6) is -2.98. The molecule has 3 fully saturated rings. The number of alkyl halides is 3. The van der Waals surface area contributed by atoms with E-state index in [1.54, 1.807) is 36.4 Å². The average Bonchev–Trinajstić information content (AvgIpc) is 4.11. The number of carbonyl (C=O) groups is 3. The van der Waals surface area contributed by atoms with Gasteiger partial charge in [0, 0.05) is 29.7 Å². The molecule has 61 heavy (non-hydrogen) atoms. The Bertz CT molecular complexity index is 2640. The summed E-state index contributed by atoms with van der Waals surface area (Å²) in [4.78, 5) is 54.1. The van der Waals surface area contributed by atoms with Gasteiger partial charge in [0.05, 0.1) is 28.8 Å². The van der Waals surface area contributed by atoms with Gasteiger partial charge in [0.15, 0.2) is 11.6 Å². The van der Waals surface area contributed by atoms with Crippen molar-refractivity contribution >= 4 is 49.7 Å². The predicted octanol–water partition coefficient (Wildman–Crippen LogP) is 8.44. The molecular formula is C45H46F4N4O7S. The number of nitrogens with one attached hydrogen (secondary N) is 1. The van der Waals surface area contributed by atoms with Gasteiger partial charge < -0.3 is 14.1 Å². The van der Waals surface area contributed by atoms with Gasteiger partial charge in [-0.1, -0.05) is 70.5 Å². The monoisotopic (exact) mass is 862 g/mol. The molecule has 8 rings (SSSR count). The summed E-state index contributed by atoms with van der Waals surface area (Å²) in [5.41, 5.74) is -0.981. The highest BCUT2D eigenvalue weighted by molar-refractivity contribution is 7.90. The van der Waals surface area contributed by atoms with E-state index in [0.29, 0.717) is 47.7 Å². The van der Waals surface area contributed by atoms with E-state index >= 15 is 0 Å². The largest absolute Gasteiger partial charge is 0.470 e. The minimum atomic E-state index is -4.56. The van der Waals surface area contributed by atoms with E-state index in [0.717, 1.165) is 12.1 Å². The molecule has 0 radical (unpaired) electrons. The number of hydrogen-bond donors (Lipinski definition) is 1. The fourth-order valence-electron chi connectivity index (χ4n) is 8.65. The Balaban J connectivity index is 1.15. The van der Waals surface area contributed by atoms with E-state index in [1.807, 2.05) is 27.7 Å². The van der Waals surface area contributed by atoms with Gasteiger partial charge in [-0.05, 0) is 79.0 Å². The van der Waals surface area contributed by atoms with E-state index in [4.69, 9.17) is 9.15 Å². The highest BCUT2D eigenvalue weighted by Gasteiger charge is 2.62. The minimum Gasteiger partial charge on any atom is -0.470 e. The molecule has 1 N–H and O–H groups in total. The summed E-state index contributed by atoms with van der Waals surface area (Å²) in [6.07, 6.45) is -3.86. The Morgan fingerprint density at radius 2 is 1.72 bits per heavy atom. The summed E-state index contributed by atoms with van der Waals surface area (Å²) in [7, 11) is -3.90. The minimum absolute atomic E-state index is 0.0302. The topological polar surface area (TPSA) is 149 Å². The van der Waals surface area contributed by atoms with Crippen LogP contribution in [0.2, 0.25) is 0 Å². The molecule has 0 unspecified atom stereocenters. The number of fused-ring (bicyclic) bond motifs is 3. The fraction of sp³-hybridized carbons (Fsp3) is 0.444. The van der Waals surface area contributed by atoms with Gasteiger partial charge in [0.2, 0.25) is 27.4 Å². The van der Waals surface area contributed by atoms with Crippen LogP contribution in [0.25, 0.3) is 33.5 Å². The first-order valence-electron chi connectivity index (χ1n) is 20.4. The zero-order valence-corrected chi connectivity index (χ0v) is 34.9. The van der Waals surface area contributed by atoms with Crippen LogP contribution in [0.3, 0.4) is 0 Å². The molecule has 5 aromatic rings. The molecule has 3 aliphatic rings. The number of ether oxygens (including phenoxy) is 1. The van der Waals surface area contributed by atoms with Crippen molar-refractivity contribution < 1.29 is 49.5 Å². The Labute approximate surface area is 350 Å². The summed E-state index contributed by atoms with van der Waals surface area (Å²) >= 11 is 0. The molecule has 3 aromatic carbocycles. The first kappa shape index (κ1) is 42.3. The van der Waals surface area contributed by atoms with Gasteiger partial charge in [-0.15, -0.1) is 0 Å². The van der Waals surface area contributed by atoms with Gasteiger partial charge in [-0.2, -0.15) is 18.2 Å². The van der Waals surface area contributed by atoms with Crippen LogP contribution in [0.15, 0.2) is 77.2 Å². The number of ketones is 1. The van der Waals surface area contributed by atoms with Crippen LogP contribution in [-0.2, 0) is 37.0 Å². The molecule has 2 amide bonds. The maximum atomic E-state index is 14.9. The molecular weight excluding hydrogens is 817 g/mol. The number of sulfonamides is 1. The lowest BCUT2D eigenvalue weighted by molar-refractivity contribution is -0.144.